The number of halogens is 1. The van der Waals surface area contributed by atoms with E-state index in [1.165, 1.54) is 13.2 Å². The molecular weight excluding hydrogens is 257 g/mol. The van der Waals surface area contributed by atoms with Gasteiger partial charge in [0.2, 0.25) is 0 Å². The number of aromatic nitrogens is 2. The van der Waals surface area contributed by atoms with Gasteiger partial charge in [0.05, 0.1) is 7.11 Å². The highest BCUT2D eigenvalue weighted by molar-refractivity contribution is 5.31. The maximum absolute atomic E-state index is 13.7. The van der Waals surface area contributed by atoms with Crippen molar-refractivity contribution in [1.29, 1.82) is 0 Å². The average Bonchev–Trinajstić information content (AvgIpc) is 2.86. The largest absolute Gasteiger partial charge is 0.494 e. The first-order valence-electron chi connectivity index (χ1n) is 6.74. The molecule has 2 rings (SSSR count). The molecule has 0 saturated carbocycles. The van der Waals surface area contributed by atoms with E-state index in [2.05, 4.69) is 16.5 Å². The number of hydrogen-bond donors (Lipinski definition) is 1. The predicted molar refractivity (Wildman–Crippen MR) is 76.1 cm³/mol. The summed E-state index contributed by atoms with van der Waals surface area (Å²) < 4.78 is 20.7. The van der Waals surface area contributed by atoms with Crippen LogP contribution in [0.25, 0.3) is 0 Å². The van der Waals surface area contributed by atoms with Gasteiger partial charge < -0.3 is 15.0 Å². The van der Waals surface area contributed by atoms with Crippen molar-refractivity contribution in [2.75, 3.05) is 7.11 Å². The fourth-order valence-electron chi connectivity index (χ4n) is 2.20. The van der Waals surface area contributed by atoms with Crippen molar-refractivity contribution in [3.8, 4) is 5.75 Å². The van der Waals surface area contributed by atoms with E-state index in [4.69, 9.17) is 10.5 Å². The number of imidazole rings is 1. The summed E-state index contributed by atoms with van der Waals surface area (Å²) in [6.07, 6.45) is 5.33. The van der Waals surface area contributed by atoms with Crippen LogP contribution in [-0.2, 0) is 13.0 Å². The Morgan fingerprint density at radius 3 is 2.90 bits per heavy atom. The van der Waals surface area contributed by atoms with Crippen LogP contribution in [-0.4, -0.2) is 16.7 Å². The Morgan fingerprint density at radius 1 is 1.45 bits per heavy atom. The topological polar surface area (TPSA) is 53.1 Å². The van der Waals surface area contributed by atoms with Crippen LogP contribution in [0.3, 0.4) is 0 Å². The number of nitrogens with zero attached hydrogens (tertiary/aromatic N) is 2. The minimum atomic E-state index is -0.391. The van der Waals surface area contributed by atoms with Crippen LogP contribution in [0.2, 0.25) is 0 Å². The Balaban J connectivity index is 2.13. The zero-order chi connectivity index (χ0) is 14.5. The summed E-state index contributed by atoms with van der Waals surface area (Å²) in [4.78, 5) is 4.32. The van der Waals surface area contributed by atoms with Crippen molar-refractivity contribution in [2.24, 2.45) is 5.73 Å². The molecule has 1 aromatic heterocycles. The molecule has 1 heterocycles. The van der Waals surface area contributed by atoms with Gasteiger partial charge in [-0.15, -0.1) is 0 Å². The van der Waals surface area contributed by atoms with Crippen LogP contribution in [0.5, 0.6) is 5.75 Å². The summed E-state index contributed by atoms with van der Waals surface area (Å²) >= 11 is 0. The molecule has 0 aliphatic rings. The Kier molecular flexibility index (Phi) is 4.74. The molecule has 0 spiro atoms. The quantitative estimate of drug-likeness (QED) is 0.883. The molecule has 0 saturated heterocycles. The Morgan fingerprint density at radius 2 is 2.25 bits per heavy atom. The van der Waals surface area contributed by atoms with Gasteiger partial charge in [0.1, 0.15) is 5.82 Å². The predicted octanol–water partition coefficient (Wildman–Crippen LogP) is 2.68. The van der Waals surface area contributed by atoms with Gasteiger partial charge in [-0.3, -0.25) is 0 Å². The first-order valence-corrected chi connectivity index (χ1v) is 6.74. The first kappa shape index (κ1) is 14.5. The lowest BCUT2D eigenvalue weighted by Gasteiger charge is -2.14. The first-order chi connectivity index (χ1) is 9.65. The minimum absolute atomic E-state index is 0.230. The third-order valence-electron chi connectivity index (χ3n) is 3.27. The second-order valence-corrected chi connectivity index (χ2v) is 4.74. The van der Waals surface area contributed by atoms with Crippen LogP contribution >= 0.6 is 0 Å². The van der Waals surface area contributed by atoms with Gasteiger partial charge in [0.15, 0.2) is 11.6 Å². The summed E-state index contributed by atoms with van der Waals surface area (Å²) in [5.41, 5.74) is 6.90. The highest BCUT2D eigenvalue weighted by Crippen LogP contribution is 2.22. The third-order valence-corrected chi connectivity index (χ3v) is 3.27. The van der Waals surface area contributed by atoms with Crippen molar-refractivity contribution in [3.05, 3.63) is 47.8 Å². The summed E-state index contributed by atoms with van der Waals surface area (Å²) in [6, 6.07) is 4.53. The van der Waals surface area contributed by atoms with E-state index in [0.29, 0.717) is 6.42 Å². The molecule has 0 aliphatic heterocycles. The van der Waals surface area contributed by atoms with Crippen molar-refractivity contribution in [1.82, 2.24) is 9.55 Å². The number of hydrogen-bond acceptors (Lipinski definition) is 3. The third kappa shape index (κ3) is 3.17. The summed E-state index contributed by atoms with van der Waals surface area (Å²) in [5, 5.41) is 0. The van der Waals surface area contributed by atoms with E-state index in [9.17, 15) is 4.39 Å². The van der Waals surface area contributed by atoms with Crippen molar-refractivity contribution in [2.45, 2.75) is 32.4 Å². The van der Waals surface area contributed by atoms with Crippen molar-refractivity contribution in [3.63, 3.8) is 0 Å². The highest BCUT2D eigenvalue weighted by atomic mass is 19.1. The number of rotatable bonds is 6. The lowest BCUT2D eigenvalue weighted by Crippen LogP contribution is -2.16. The van der Waals surface area contributed by atoms with Gasteiger partial charge in [0.25, 0.3) is 0 Å². The molecule has 0 fully saturated rings. The second-order valence-electron chi connectivity index (χ2n) is 4.74. The number of ether oxygens (including phenoxy) is 1. The standard InChI is InChI=1S/C15H20FN3O/c1-3-7-19-8-6-18-15(19)10-13(17)11-4-5-14(20-2)12(16)9-11/h4-6,8-9,13H,3,7,10,17H2,1-2H3. The Bertz CT molecular complexity index is 568. The maximum atomic E-state index is 13.7. The molecule has 2 N–H and O–H groups in total. The SMILES string of the molecule is CCCn1ccnc1CC(N)c1ccc(OC)c(F)c1. The number of aryl methyl sites for hydroxylation is 1. The Hall–Kier alpha value is -1.88. The van der Waals surface area contributed by atoms with E-state index in [0.717, 1.165) is 24.4 Å². The van der Waals surface area contributed by atoms with Crippen LogP contribution in [0.15, 0.2) is 30.6 Å². The lowest BCUT2D eigenvalue weighted by atomic mass is 10.0. The van der Waals surface area contributed by atoms with E-state index in [-0.39, 0.29) is 11.8 Å². The van der Waals surface area contributed by atoms with Gasteiger partial charge >= 0.3 is 0 Å². The van der Waals surface area contributed by atoms with Crippen LogP contribution in [0, 0.1) is 5.82 Å². The minimum Gasteiger partial charge on any atom is -0.494 e. The van der Waals surface area contributed by atoms with E-state index >= 15 is 0 Å². The zero-order valence-corrected chi connectivity index (χ0v) is 11.8. The Labute approximate surface area is 118 Å². The number of methoxy groups -OCH3 is 1. The molecule has 1 atom stereocenters. The molecule has 1 aromatic carbocycles. The fourth-order valence-corrected chi connectivity index (χ4v) is 2.20. The van der Waals surface area contributed by atoms with Gasteiger partial charge in [-0.1, -0.05) is 13.0 Å². The maximum Gasteiger partial charge on any atom is 0.165 e. The van der Waals surface area contributed by atoms with E-state index < -0.39 is 5.82 Å². The fraction of sp³-hybridized carbons (Fsp3) is 0.400. The molecule has 1 unspecified atom stereocenters. The smallest absolute Gasteiger partial charge is 0.165 e. The zero-order valence-electron chi connectivity index (χ0n) is 11.8. The van der Waals surface area contributed by atoms with Crippen LogP contribution in [0.4, 0.5) is 4.39 Å². The summed E-state index contributed by atoms with van der Waals surface area (Å²) in [7, 11) is 1.44. The normalized spacial score (nSPS) is 12.4. The van der Waals surface area contributed by atoms with Gasteiger partial charge in [-0.2, -0.15) is 0 Å². The molecule has 0 bridgehead atoms. The molecule has 5 heteroatoms. The van der Waals surface area contributed by atoms with Gasteiger partial charge in [-0.25, -0.2) is 9.37 Å². The van der Waals surface area contributed by atoms with Gasteiger partial charge in [0, 0.05) is 31.4 Å². The van der Waals surface area contributed by atoms with E-state index in [1.54, 1.807) is 18.3 Å². The van der Waals surface area contributed by atoms with Crippen LogP contribution in [0.1, 0.15) is 30.8 Å². The molecule has 4 nitrogen and oxygen atoms in total. The summed E-state index contributed by atoms with van der Waals surface area (Å²) in [6.45, 7) is 3.03. The lowest BCUT2D eigenvalue weighted by molar-refractivity contribution is 0.386. The molecule has 2 aromatic rings. The molecule has 0 radical (unpaired) electrons. The number of benzene rings is 1. The van der Waals surface area contributed by atoms with E-state index in [1.807, 2.05) is 6.20 Å². The molecular formula is C15H20FN3O. The average molecular weight is 277 g/mol. The molecule has 20 heavy (non-hydrogen) atoms. The van der Waals surface area contributed by atoms with Gasteiger partial charge in [-0.05, 0) is 24.1 Å². The van der Waals surface area contributed by atoms with Crippen LogP contribution < -0.4 is 10.5 Å². The molecule has 0 aliphatic carbocycles. The van der Waals surface area contributed by atoms with Crippen molar-refractivity contribution < 1.29 is 9.13 Å². The van der Waals surface area contributed by atoms with Crippen molar-refractivity contribution >= 4 is 0 Å². The monoisotopic (exact) mass is 277 g/mol. The summed E-state index contributed by atoms with van der Waals surface area (Å²) in [5.74, 6) is 0.765. The molecule has 0 amide bonds. The second kappa shape index (κ2) is 6.52. The molecule has 108 valence electrons. The highest BCUT2D eigenvalue weighted by Gasteiger charge is 2.13. The number of nitrogens with two attached hydrogens (primary N) is 1.